The topological polar surface area (TPSA) is 52.7 Å². The summed E-state index contributed by atoms with van der Waals surface area (Å²) in [7, 11) is 0. The first kappa shape index (κ1) is 15.5. The maximum atomic E-state index is 12.9. The van der Waals surface area contributed by atoms with Gasteiger partial charge in [-0.25, -0.2) is 0 Å². The molecule has 120 valence electrons. The van der Waals surface area contributed by atoms with Gasteiger partial charge in [0.25, 0.3) is 5.91 Å². The summed E-state index contributed by atoms with van der Waals surface area (Å²) in [6.45, 7) is 4.04. The molecule has 0 aromatic carbocycles. The molecule has 1 aromatic rings. The van der Waals surface area contributed by atoms with Crippen LogP contribution in [0.1, 0.15) is 35.4 Å². The first-order chi connectivity index (χ1) is 10.8. The van der Waals surface area contributed by atoms with Crippen LogP contribution in [-0.4, -0.2) is 60.4 Å². The molecule has 0 saturated carbocycles. The Morgan fingerprint density at radius 3 is 2.86 bits per heavy atom. The van der Waals surface area contributed by atoms with Crippen molar-refractivity contribution in [2.24, 2.45) is 0 Å². The number of carbonyl (C=O) groups excluding carboxylic acids is 2. The van der Waals surface area contributed by atoms with Crippen LogP contribution in [0, 0.1) is 0 Å². The summed E-state index contributed by atoms with van der Waals surface area (Å²) in [5.41, 5.74) is 0. The second-order valence-corrected chi connectivity index (χ2v) is 6.86. The van der Waals surface area contributed by atoms with Crippen LogP contribution < -0.4 is 5.32 Å². The molecule has 0 bridgehead atoms. The molecule has 6 heteroatoms. The van der Waals surface area contributed by atoms with E-state index in [0.29, 0.717) is 6.54 Å². The Kier molecular flexibility index (Phi) is 5.10. The van der Waals surface area contributed by atoms with Crippen molar-refractivity contribution in [2.45, 2.75) is 31.7 Å². The molecule has 2 aliphatic rings. The number of nitrogens with one attached hydrogen (secondary N) is 1. The number of rotatable bonds is 2. The molecule has 1 atom stereocenters. The van der Waals surface area contributed by atoms with Gasteiger partial charge in [-0.1, -0.05) is 6.07 Å². The molecule has 5 nitrogen and oxygen atoms in total. The van der Waals surface area contributed by atoms with Gasteiger partial charge in [-0.05, 0) is 43.7 Å². The van der Waals surface area contributed by atoms with Gasteiger partial charge in [0, 0.05) is 26.2 Å². The first-order valence-electron chi connectivity index (χ1n) is 8.11. The summed E-state index contributed by atoms with van der Waals surface area (Å²) in [6, 6.07) is 3.46. The van der Waals surface area contributed by atoms with E-state index in [9.17, 15) is 9.59 Å². The molecule has 1 unspecified atom stereocenters. The van der Waals surface area contributed by atoms with Gasteiger partial charge in [-0.2, -0.15) is 0 Å². The van der Waals surface area contributed by atoms with Crippen LogP contribution >= 0.6 is 11.3 Å². The van der Waals surface area contributed by atoms with Gasteiger partial charge in [0.1, 0.15) is 6.04 Å². The highest BCUT2D eigenvalue weighted by Gasteiger charge is 2.35. The number of piperidine rings is 1. The molecule has 1 aromatic heterocycles. The Labute approximate surface area is 135 Å². The molecule has 2 aliphatic heterocycles. The van der Waals surface area contributed by atoms with Gasteiger partial charge in [0.2, 0.25) is 5.91 Å². The SMILES string of the molecule is O=C(C1CCCCN1C(=O)c1cccs1)N1CCCNCC1. The summed E-state index contributed by atoms with van der Waals surface area (Å²) < 4.78 is 0. The van der Waals surface area contributed by atoms with Gasteiger partial charge >= 0.3 is 0 Å². The Bertz CT molecular complexity index is 509. The summed E-state index contributed by atoms with van der Waals surface area (Å²) >= 11 is 1.45. The maximum absolute atomic E-state index is 12.9. The van der Waals surface area contributed by atoms with E-state index < -0.39 is 0 Å². The highest BCUT2D eigenvalue weighted by molar-refractivity contribution is 7.12. The largest absolute Gasteiger partial charge is 0.340 e. The van der Waals surface area contributed by atoms with Crippen LogP contribution in [0.25, 0.3) is 0 Å². The molecular weight excluding hydrogens is 298 g/mol. The average molecular weight is 321 g/mol. The number of carbonyl (C=O) groups is 2. The molecule has 3 rings (SSSR count). The Hall–Kier alpha value is -1.40. The summed E-state index contributed by atoms with van der Waals surface area (Å²) in [5.74, 6) is 0.148. The second-order valence-electron chi connectivity index (χ2n) is 5.92. The van der Waals surface area contributed by atoms with Gasteiger partial charge < -0.3 is 15.1 Å². The summed E-state index contributed by atoms with van der Waals surface area (Å²) in [5, 5.41) is 5.23. The minimum absolute atomic E-state index is 0.0148. The van der Waals surface area contributed by atoms with Crippen molar-refractivity contribution in [3.8, 4) is 0 Å². The molecule has 2 amide bonds. The first-order valence-corrected chi connectivity index (χ1v) is 8.99. The predicted octanol–water partition coefficient (Wildman–Crippen LogP) is 1.56. The molecule has 22 heavy (non-hydrogen) atoms. The fourth-order valence-corrected chi connectivity index (χ4v) is 3.93. The average Bonchev–Trinajstić information content (AvgIpc) is 2.96. The van der Waals surface area contributed by atoms with E-state index in [2.05, 4.69) is 5.32 Å². The number of likely N-dealkylation sites (tertiary alicyclic amines) is 1. The molecular formula is C16H23N3O2S. The van der Waals surface area contributed by atoms with Gasteiger partial charge in [0.15, 0.2) is 0 Å². The van der Waals surface area contributed by atoms with Crippen molar-refractivity contribution in [3.05, 3.63) is 22.4 Å². The smallest absolute Gasteiger partial charge is 0.264 e. The quantitative estimate of drug-likeness (QED) is 0.899. The zero-order valence-electron chi connectivity index (χ0n) is 12.8. The zero-order chi connectivity index (χ0) is 15.4. The van der Waals surface area contributed by atoms with Crippen molar-refractivity contribution in [1.82, 2.24) is 15.1 Å². The number of hydrogen-bond donors (Lipinski definition) is 1. The van der Waals surface area contributed by atoms with Gasteiger partial charge in [-0.15, -0.1) is 11.3 Å². The fourth-order valence-electron chi connectivity index (χ4n) is 3.25. The third kappa shape index (κ3) is 3.33. The lowest BCUT2D eigenvalue weighted by Crippen LogP contribution is -2.53. The van der Waals surface area contributed by atoms with E-state index in [1.807, 2.05) is 22.4 Å². The Morgan fingerprint density at radius 2 is 2.05 bits per heavy atom. The highest BCUT2D eigenvalue weighted by atomic mass is 32.1. The van der Waals surface area contributed by atoms with Crippen LogP contribution in [-0.2, 0) is 4.79 Å². The lowest BCUT2D eigenvalue weighted by Gasteiger charge is -2.37. The Balaban J connectivity index is 1.74. The molecule has 1 N–H and O–H groups in total. The maximum Gasteiger partial charge on any atom is 0.264 e. The van der Waals surface area contributed by atoms with Crippen molar-refractivity contribution in [3.63, 3.8) is 0 Å². The standard InChI is InChI=1S/C16H23N3O2S/c20-15(18-9-4-7-17-8-11-18)13-5-1-2-10-19(13)16(21)14-6-3-12-22-14/h3,6,12-13,17H,1-2,4-5,7-11H2. The van der Waals surface area contributed by atoms with Gasteiger partial charge in [-0.3, -0.25) is 9.59 Å². The molecule has 0 radical (unpaired) electrons. The molecule has 0 spiro atoms. The van der Waals surface area contributed by atoms with Crippen LogP contribution in [0.3, 0.4) is 0 Å². The number of nitrogens with zero attached hydrogens (tertiary/aromatic N) is 2. The normalized spacial score (nSPS) is 23.2. The fraction of sp³-hybridized carbons (Fsp3) is 0.625. The van der Waals surface area contributed by atoms with Crippen LogP contribution in [0.2, 0.25) is 0 Å². The number of amides is 2. The van der Waals surface area contributed by atoms with Crippen molar-refractivity contribution in [1.29, 1.82) is 0 Å². The van der Waals surface area contributed by atoms with E-state index in [1.54, 1.807) is 4.90 Å². The van der Waals surface area contributed by atoms with Crippen LogP contribution in [0.4, 0.5) is 0 Å². The minimum Gasteiger partial charge on any atom is -0.340 e. The van der Waals surface area contributed by atoms with Crippen LogP contribution in [0.15, 0.2) is 17.5 Å². The van der Waals surface area contributed by atoms with E-state index in [1.165, 1.54) is 11.3 Å². The van der Waals surface area contributed by atoms with Gasteiger partial charge in [0.05, 0.1) is 4.88 Å². The Morgan fingerprint density at radius 1 is 1.14 bits per heavy atom. The van der Waals surface area contributed by atoms with Crippen molar-refractivity contribution >= 4 is 23.2 Å². The van der Waals surface area contributed by atoms with Crippen molar-refractivity contribution < 1.29 is 9.59 Å². The minimum atomic E-state index is -0.276. The molecule has 0 aliphatic carbocycles. The van der Waals surface area contributed by atoms with Crippen LogP contribution in [0.5, 0.6) is 0 Å². The second kappa shape index (κ2) is 7.24. The lowest BCUT2D eigenvalue weighted by molar-refractivity contribution is -0.137. The molecule has 2 fully saturated rings. The van der Waals surface area contributed by atoms with E-state index >= 15 is 0 Å². The zero-order valence-corrected chi connectivity index (χ0v) is 13.6. The third-order valence-corrected chi connectivity index (χ3v) is 5.29. The predicted molar refractivity (Wildman–Crippen MR) is 87.1 cm³/mol. The summed E-state index contributed by atoms with van der Waals surface area (Å²) in [4.78, 5) is 30.0. The van der Waals surface area contributed by atoms with E-state index in [4.69, 9.17) is 0 Å². The number of hydrogen-bond acceptors (Lipinski definition) is 4. The molecule has 3 heterocycles. The summed E-state index contributed by atoms with van der Waals surface area (Å²) in [6.07, 6.45) is 3.79. The number of thiophene rings is 1. The third-order valence-electron chi connectivity index (χ3n) is 4.43. The molecule has 2 saturated heterocycles. The highest BCUT2D eigenvalue weighted by Crippen LogP contribution is 2.23. The van der Waals surface area contributed by atoms with E-state index in [0.717, 1.165) is 56.7 Å². The van der Waals surface area contributed by atoms with E-state index in [-0.39, 0.29) is 17.9 Å². The van der Waals surface area contributed by atoms with Crippen molar-refractivity contribution in [2.75, 3.05) is 32.7 Å². The lowest BCUT2D eigenvalue weighted by atomic mass is 10.0. The monoisotopic (exact) mass is 321 g/mol.